The molecule has 130 heavy (non-hydrogen) atoms. The summed E-state index contributed by atoms with van der Waals surface area (Å²) in [5.41, 5.74) is 13.6. The van der Waals surface area contributed by atoms with Gasteiger partial charge < -0.3 is 65.4 Å². The molecule has 8 N–H and O–H groups in total. The van der Waals surface area contributed by atoms with E-state index in [0.29, 0.717) is 63.6 Å². The topological polar surface area (TPSA) is 369 Å². The van der Waals surface area contributed by atoms with Gasteiger partial charge in [0.05, 0.1) is 124 Å². The second-order valence-electron chi connectivity index (χ2n) is 34.1. The number of ether oxygens (including phenoxy) is 2. The maximum atomic E-state index is 12.3. The number of H-pyrrole nitrogens is 4. The molecule has 36 heteroatoms. The van der Waals surface area contributed by atoms with Gasteiger partial charge in [0.2, 0.25) is 5.88 Å². The molecule has 0 bridgehead atoms. The Morgan fingerprint density at radius 2 is 0.792 bits per heavy atom. The number of benzene rings is 4. The number of nitrogens with zero attached hydrogens (tertiary/aromatic N) is 21. The number of hydrogen-bond donors (Lipinski definition) is 8. The summed E-state index contributed by atoms with van der Waals surface area (Å²) in [6.07, 6.45) is 21.7. The molecular weight excluding hydrogens is 1720 g/mol. The number of likely N-dealkylation sites (tertiary alicyclic amines) is 2. The van der Waals surface area contributed by atoms with Crippen molar-refractivity contribution in [3.63, 3.8) is 0 Å². The van der Waals surface area contributed by atoms with Gasteiger partial charge in [0.15, 0.2) is 45.9 Å². The van der Waals surface area contributed by atoms with E-state index in [-0.39, 0.29) is 24.2 Å². The van der Waals surface area contributed by atoms with Crippen LogP contribution in [0.3, 0.4) is 0 Å². The van der Waals surface area contributed by atoms with Gasteiger partial charge in [-0.25, -0.2) is 69.1 Å². The number of nitrogens with one attached hydrogen (secondary N) is 8. The van der Waals surface area contributed by atoms with Crippen molar-refractivity contribution in [1.82, 2.24) is 124 Å². The smallest absolute Gasteiger partial charge is 0.221 e. The number of anilines is 4. The quantitative estimate of drug-likeness (QED) is 0.0233. The Morgan fingerprint density at radius 3 is 1.16 bits per heavy atom. The number of aryl methyl sites for hydroxylation is 1. The number of pyridine rings is 4. The van der Waals surface area contributed by atoms with E-state index in [9.17, 15) is 4.21 Å². The van der Waals surface area contributed by atoms with Crippen molar-refractivity contribution >= 4 is 161 Å². The molecule has 676 valence electrons. The third-order valence-electron chi connectivity index (χ3n) is 24.8. The molecule has 16 heterocycles. The van der Waals surface area contributed by atoms with Crippen LogP contribution in [0.1, 0.15) is 137 Å². The van der Waals surface area contributed by atoms with Crippen LogP contribution in [-0.4, -0.2) is 251 Å². The summed E-state index contributed by atoms with van der Waals surface area (Å²) >= 11 is 19.8. The molecule has 20 rings (SSSR count). The lowest BCUT2D eigenvalue weighted by Crippen LogP contribution is -2.48. The molecule has 0 spiro atoms. The Kier molecular flexibility index (Phi) is 28.6. The highest BCUT2D eigenvalue weighted by molar-refractivity contribution is 7.97. The summed E-state index contributed by atoms with van der Waals surface area (Å²) in [7, 11) is -2.15. The van der Waals surface area contributed by atoms with Gasteiger partial charge in [0.1, 0.15) is 47.4 Å². The zero-order chi connectivity index (χ0) is 89.9. The highest BCUT2D eigenvalue weighted by Crippen LogP contribution is 2.38. The lowest BCUT2D eigenvalue weighted by atomic mass is 9.97. The zero-order valence-corrected chi connectivity index (χ0v) is 77.5. The average molecular weight is 1830 g/mol. The zero-order valence-electron chi connectivity index (χ0n) is 74.4. The third-order valence-corrected chi connectivity index (χ3v) is 27.2. The minimum atomic E-state index is -2.15. The van der Waals surface area contributed by atoms with Crippen molar-refractivity contribution in [3.05, 3.63) is 208 Å². The molecule has 4 aliphatic rings. The van der Waals surface area contributed by atoms with Crippen LogP contribution in [0.2, 0.25) is 15.1 Å². The maximum Gasteiger partial charge on any atom is 0.221 e. The van der Waals surface area contributed by atoms with Gasteiger partial charge in [-0.15, -0.1) is 0 Å². The molecule has 4 aromatic carbocycles. The number of piperidine rings is 1. The van der Waals surface area contributed by atoms with Crippen LogP contribution in [0.5, 0.6) is 5.88 Å². The third kappa shape index (κ3) is 21.3. The number of fused-ring (bicyclic) bond motifs is 8. The van der Waals surface area contributed by atoms with E-state index in [1.165, 1.54) is 69.6 Å². The highest BCUT2D eigenvalue weighted by atomic mass is 35.5. The number of halogens is 3. The van der Waals surface area contributed by atoms with E-state index >= 15 is 0 Å². The van der Waals surface area contributed by atoms with E-state index in [2.05, 4.69) is 236 Å². The summed E-state index contributed by atoms with van der Waals surface area (Å²) in [6.45, 7) is 29.8. The second-order valence-corrected chi connectivity index (χ2v) is 37.8. The van der Waals surface area contributed by atoms with Crippen LogP contribution < -0.4 is 26.0 Å². The number of aromatic amines is 4. The first-order chi connectivity index (χ1) is 63.2. The minimum absolute atomic E-state index is 0.0414. The van der Waals surface area contributed by atoms with Gasteiger partial charge in [0, 0.05) is 122 Å². The van der Waals surface area contributed by atoms with Crippen molar-refractivity contribution < 1.29 is 13.7 Å². The standard InChI is InChI=1S/C26H33N7O.C24H29ClN8OS.C22H24ClN7O.C22H24ClN7/c1-16(2)33-10-8-19(9-11-33)13-34-26-22-17(3)6-5-7-20(22)12-21(32-26)18(4)31-25-23-24(28-14-27-23)29-15-30-25;1-16(30-24-22-23(27-14-26-22)28-15-29-24)20-13-17-5-4-6-18(25)21(17)19(31-20)7-8-32-9-11-33(12-10-32)35(2,3)34;1-14(28-22-20-21(25-12-24-20)26-13-27-22)18-11-15-3-2-4-16(23)19(15)17(29-18)5-6-30-7-9-31-10-8-30;1-14(28-22-20-21(25-12-24-20)26-13-27-22)18-11-15-5-4-6-16(23)19(15)17(29-18)7-10-30-8-2-3-9-30/h5-7,12,14-16,18-19H,8-11,13H2,1-4H3,(H2,27,28,29,30,31);4-6,13-16H,2,7-12H2,1,3H3,(H2,26,27,28,29,30);2-4,11-14H,5-10H2,1H3,(H2,24,25,26,27,28);4-6,11-14H,2-3,7-10H2,1H3,(H2,24,25,26,27,28). The van der Waals surface area contributed by atoms with Gasteiger partial charge in [-0.2, -0.15) is 0 Å². The first kappa shape index (κ1) is 90.3. The maximum absolute atomic E-state index is 12.3. The Bertz CT molecular complexity index is 6730. The first-order valence-electron chi connectivity index (χ1n) is 44.6. The molecule has 4 saturated heterocycles. The summed E-state index contributed by atoms with van der Waals surface area (Å²) in [6, 6.07) is 33.1. The largest absolute Gasteiger partial charge is 0.477 e. The molecule has 32 nitrogen and oxygen atoms in total. The average Bonchev–Trinajstić information content (AvgIpc) is 1.54. The van der Waals surface area contributed by atoms with E-state index in [0.717, 1.165) is 231 Å². The van der Waals surface area contributed by atoms with Crippen LogP contribution in [0, 0.1) is 12.8 Å². The van der Waals surface area contributed by atoms with E-state index in [1.54, 1.807) is 31.6 Å². The van der Waals surface area contributed by atoms with Gasteiger partial charge >= 0.3 is 0 Å². The fourth-order valence-corrected chi connectivity index (χ4v) is 19.3. The summed E-state index contributed by atoms with van der Waals surface area (Å²) in [5, 5.41) is 24.6. The van der Waals surface area contributed by atoms with Crippen molar-refractivity contribution in [2.75, 3.05) is 132 Å². The monoisotopic (exact) mass is 1830 g/mol. The van der Waals surface area contributed by atoms with Crippen molar-refractivity contribution in [2.24, 2.45) is 5.92 Å². The second kappa shape index (κ2) is 41.2. The van der Waals surface area contributed by atoms with Crippen LogP contribution in [0.4, 0.5) is 23.3 Å². The van der Waals surface area contributed by atoms with Gasteiger partial charge in [-0.05, 0) is 182 Å². The summed E-state index contributed by atoms with van der Waals surface area (Å²) in [5.74, 6) is 7.92. The Labute approximate surface area is 769 Å². The molecule has 4 fully saturated rings. The molecule has 0 amide bonds. The SMILES string of the molecule is C=S(C)(=O)N1CCN(CCc2nc(C(C)Nc3ncnc4nc[nH]c34)cc3cccc(Cl)c23)CC1.CC(Nc1ncnc2nc[nH]c12)c1cc2cccc(Cl)c2c(CCN2CCCC2)n1.CC(Nc1ncnc2nc[nH]c12)c1cc2cccc(Cl)c2c(CCN2CCOCC2)n1.Cc1cccc2cc(C(C)Nc3ncnc4nc[nH]c34)nc(OCC3CCN(C(C)C)CC3)c12. The van der Waals surface area contributed by atoms with Crippen molar-refractivity contribution in [2.45, 2.75) is 124 Å². The van der Waals surface area contributed by atoms with Crippen LogP contribution in [0.25, 0.3) is 87.7 Å². The number of hydrogen-bond acceptors (Lipinski definition) is 27. The summed E-state index contributed by atoms with van der Waals surface area (Å²) in [4.78, 5) is 93.5. The van der Waals surface area contributed by atoms with Crippen molar-refractivity contribution in [3.8, 4) is 5.88 Å². The minimum Gasteiger partial charge on any atom is -0.477 e. The Morgan fingerprint density at radius 1 is 0.446 bits per heavy atom. The van der Waals surface area contributed by atoms with Crippen LogP contribution in [-0.2, 0) is 33.7 Å². The molecule has 16 aromatic rings. The first-order valence-corrected chi connectivity index (χ1v) is 47.8. The van der Waals surface area contributed by atoms with Gasteiger partial charge in [-0.3, -0.25) is 24.1 Å². The van der Waals surface area contributed by atoms with Crippen molar-refractivity contribution in [1.29, 1.82) is 0 Å². The molecule has 4 aliphatic heterocycles. The van der Waals surface area contributed by atoms with E-state index < -0.39 is 9.71 Å². The molecule has 0 aliphatic carbocycles. The summed E-state index contributed by atoms with van der Waals surface area (Å²) < 4.78 is 26.1. The van der Waals surface area contributed by atoms with Crippen LogP contribution in [0.15, 0.2) is 148 Å². The molecule has 12 aromatic heterocycles. The fraction of sp³-hybridized carbons (Fsp3) is 0.394. The molecule has 0 saturated carbocycles. The Hall–Kier alpha value is -11.6. The van der Waals surface area contributed by atoms with Gasteiger partial charge in [0.25, 0.3) is 0 Å². The fourth-order valence-electron chi connectivity index (χ4n) is 17.5. The normalized spacial score (nSPS) is 16.6. The molecule has 5 atom stereocenters. The predicted octanol–water partition coefficient (Wildman–Crippen LogP) is 16.0. The molecule has 0 radical (unpaired) electrons. The van der Waals surface area contributed by atoms with Crippen LogP contribution >= 0.6 is 34.8 Å². The highest BCUT2D eigenvalue weighted by Gasteiger charge is 2.28. The number of rotatable bonds is 26. The molecule has 5 unspecified atom stereocenters. The number of piperazine rings is 1. The number of aromatic nitrogens is 20. The van der Waals surface area contributed by atoms with E-state index in [1.807, 2.05) is 40.7 Å². The predicted molar refractivity (Wildman–Crippen MR) is 520 cm³/mol. The number of morpholine rings is 1. The van der Waals surface area contributed by atoms with Gasteiger partial charge in [-0.1, -0.05) is 89.4 Å². The lowest BCUT2D eigenvalue weighted by Gasteiger charge is -2.35. The lowest BCUT2D eigenvalue weighted by molar-refractivity contribution is 0.0384. The Balaban J connectivity index is 0.000000122. The number of imidazole rings is 4. The molecular formula is C94H110Cl3N29O3S. The van der Waals surface area contributed by atoms with E-state index in [4.69, 9.17) is 64.2 Å².